The Morgan fingerprint density at radius 2 is 1.50 bits per heavy atom. The fraction of sp³-hybridized carbons (Fsp3) is 0.692. The molecule has 0 amide bonds. The fourth-order valence-corrected chi connectivity index (χ4v) is 5.29. The molecule has 1 aromatic rings. The summed E-state index contributed by atoms with van der Waals surface area (Å²) in [7, 11) is 0. The number of hydrogen-bond donors (Lipinski definition) is 0. The van der Waals surface area contributed by atoms with Crippen LogP contribution in [0.3, 0.4) is 0 Å². The number of rotatable bonds is 5. The molecule has 2 aliphatic carbocycles. The normalized spacial score (nSPS) is 27.9. The molecule has 0 unspecified atom stereocenters. The summed E-state index contributed by atoms with van der Waals surface area (Å²) in [5.74, 6) is 7.68. The van der Waals surface area contributed by atoms with Gasteiger partial charge in [0.25, 0.3) is 0 Å². The van der Waals surface area contributed by atoms with Crippen molar-refractivity contribution in [3.63, 3.8) is 0 Å². The maximum Gasteiger partial charge on any atom is 0.174 e. The van der Waals surface area contributed by atoms with E-state index in [0.717, 1.165) is 30.6 Å². The van der Waals surface area contributed by atoms with E-state index in [1.54, 1.807) is 19.1 Å². The molecule has 0 aromatic heterocycles. The van der Waals surface area contributed by atoms with Crippen molar-refractivity contribution >= 4 is 0 Å². The monoisotopic (exact) mass is 386 g/mol. The first-order valence-electron chi connectivity index (χ1n) is 11.5. The Bertz CT molecular complexity index is 680. The number of unbranched alkanes of at least 4 members (excludes halogenated alkanes) is 2. The van der Waals surface area contributed by atoms with Crippen LogP contribution in [-0.2, 0) is 0 Å². The molecule has 2 heteroatoms. The summed E-state index contributed by atoms with van der Waals surface area (Å²) in [6.07, 6.45) is 16.0. The van der Waals surface area contributed by atoms with E-state index in [2.05, 4.69) is 18.8 Å². The highest BCUT2D eigenvalue weighted by Crippen LogP contribution is 2.42. The van der Waals surface area contributed by atoms with Gasteiger partial charge in [0.05, 0.1) is 5.56 Å². The molecule has 0 bridgehead atoms. The standard InChI is InChI=1S/C26H36F2/c1-3-4-5-6-20-8-14-22(15-9-20)23-16-10-21(11-17-23)12-18-24-13-7-19(2)25(27)26(24)28/h7,13,20-23H,3-6,8-11,14-17H2,1-2H3. The molecule has 2 saturated carbocycles. The lowest BCUT2D eigenvalue weighted by molar-refractivity contribution is 0.153. The van der Waals surface area contributed by atoms with Crippen molar-refractivity contribution in [3.8, 4) is 11.8 Å². The highest BCUT2D eigenvalue weighted by molar-refractivity contribution is 5.38. The van der Waals surface area contributed by atoms with Crippen LogP contribution in [0, 0.1) is 54.1 Å². The number of aryl methyl sites for hydroxylation is 1. The van der Waals surface area contributed by atoms with Crippen molar-refractivity contribution in [2.75, 3.05) is 0 Å². The first-order valence-corrected chi connectivity index (χ1v) is 11.5. The summed E-state index contributed by atoms with van der Waals surface area (Å²) >= 11 is 0. The number of halogens is 2. The van der Waals surface area contributed by atoms with Crippen molar-refractivity contribution in [2.45, 2.75) is 90.9 Å². The molecule has 2 aliphatic rings. The Labute approximate surface area is 170 Å². The largest absolute Gasteiger partial charge is 0.203 e. The lowest BCUT2D eigenvalue weighted by Gasteiger charge is -2.37. The highest BCUT2D eigenvalue weighted by Gasteiger charge is 2.30. The number of benzene rings is 1. The quantitative estimate of drug-likeness (QED) is 0.357. The lowest BCUT2D eigenvalue weighted by Crippen LogP contribution is -2.25. The van der Waals surface area contributed by atoms with Gasteiger partial charge in [-0.1, -0.05) is 63.4 Å². The van der Waals surface area contributed by atoms with Gasteiger partial charge in [0.15, 0.2) is 11.6 Å². The summed E-state index contributed by atoms with van der Waals surface area (Å²) in [5.41, 5.74) is 0.537. The molecular weight excluding hydrogens is 350 g/mol. The second-order valence-corrected chi connectivity index (χ2v) is 9.22. The Balaban J connectivity index is 1.44. The molecule has 2 fully saturated rings. The van der Waals surface area contributed by atoms with Crippen LogP contribution >= 0.6 is 0 Å². The molecule has 0 radical (unpaired) electrons. The van der Waals surface area contributed by atoms with E-state index in [1.165, 1.54) is 64.2 Å². The zero-order valence-electron chi connectivity index (χ0n) is 17.7. The van der Waals surface area contributed by atoms with Crippen LogP contribution < -0.4 is 0 Å². The summed E-state index contributed by atoms with van der Waals surface area (Å²) < 4.78 is 27.7. The zero-order chi connectivity index (χ0) is 19.9. The smallest absolute Gasteiger partial charge is 0.174 e. The molecule has 0 heterocycles. The maximum atomic E-state index is 14.0. The van der Waals surface area contributed by atoms with E-state index in [-0.39, 0.29) is 5.56 Å². The minimum Gasteiger partial charge on any atom is -0.203 e. The van der Waals surface area contributed by atoms with E-state index in [1.807, 2.05) is 0 Å². The van der Waals surface area contributed by atoms with Gasteiger partial charge in [0.2, 0.25) is 0 Å². The molecule has 3 rings (SSSR count). The Hall–Kier alpha value is -1.36. The van der Waals surface area contributed by atoms with Gasteiger partial charge < -0.3 is 0 Å². The average Bonchev–Trinajstić information content (AvgIpc) is 2.73. The predicted octanol–water partition coefficient (Wildman–Crippen LogP) is 7.82. The van der Waals surface area contributed by atoms with Gasteiger partial charge in [-0.3, -0.25) is 0 Å². The molecular formula is C26H36F2. The predicted molar refractivity (Wildman–Crippen MR) is 113 cm³/mol. The summed E-state index contributed by atoms with van der Waals surface area (Å²) in [6.45, 7) is 3.86. The number of hydrogen-bond acceptors (Lipinski definition) is 0. The summed E-state index contributed by atoms with van der Waals surface area (Å²) in [6, 6.07) is 3.21. The van der Waals surface area contributed by atoms with Gasteiger partial charge in [-0.15, -0.1) is 0 Å². The fourth-order valence-electron chi connectivity index (χ4n) is 5.29. The SMILES string of the molecule is CCCCCC1CCC(C2CCC(C#Cc3ccc(C)c(F)c3F)CC2)CC1. The molecule has 0 saturated heterocycles. The van der Waals surface area contributed by atoms with Gasteiger partial charge in [-0.25, -0.2) is 8.78 Å². The first-order chi connectivity index (χ1) is 13.6. The molecule has 0 atom stereocenters. The molecule has 1 aromatic carbocycles. The third kappa shape index (κ3) is 5.59. The first kappa shape index (κ1) is 21.4. The second kappa shape index (κ2) is 10.4. The van der Waals surface area contributed by atoms with Crippen LogP contribution in [0.4, 0.5) is 8.78 Å². The van der Waals surface area contributed by atoms with Crippen molar-refractivity contribution in [1.82, 2.24) is 0 Å². The van der Waals surface area contributed by atoms with E-state index in [0.29, 0.717) is 11.5 Å². The molecule has 0 N–H and O–H groups in total. The van der Waals surface area contributed by atoms with Crippen molar-refractivity contribution in [1.29, 1.82) is 0 Å². The molecule has 0 aliphatic heterocycles. The van der Waals surface area contributed by atoms with Crippen LogP contribution in [0.2, 0.25) is 0 Å². The van der Waals surface area contributed by atoms with E-state index in [9.17, 15) is 8.78 Å². The van der Waals surface area contributed by atoms with E-state index < -0.39 is 11.6 Å². The Morgan fingerprint density at radius 3 is 2.14 bits per heavy atom. The Morgan fingerprint density at radius 1 is 0.857 bits per heavy atom. The van der Waals surface area contributed by atoms with Gasteiger partial charge in [-0.05, 0) is 74.8 Å². The molecule has 28 heavy (non-hydrogen) atoms. The van der Waals surface area contributed by atoms with Gasteiger partial charge in [-0.2, -0.15) is 0 Å². The topological polar surface area (TPSA) is 0 Å². The minimum atomic E-state index is -0.795. The van der Waals surface area contributed by atoms with Gasteiger partial charge >= 0.3 is 0 Å². The summed E-state index contributed by atoms with van der Waals surface area (Å²) in [4.78, 5) is 0. The van der Waals surface area contributed by atoms with Gasteiger partial charge in [0, 0.05) is 5.92 Å². The molecule has 0 nitrogen and oxygen atoms in total. The van der Waals surface area contributed by atoms with E-state index in [4.69, 9.17) is 0 Å². The maximum absolute atomic E-state index is 14.0. The van der Waals surface area contributed by atoms with Crippen LogP contribution in [0.15, 0.2) is 12.1 Å². The molecule has 154 valence electrons. The van der Waals surface area contributed by atoms with Crippen LogP contribution in [0.25, 0.3) is 0 Å². The van der Waals surface area contributed by atoms with Crippen LogP contribution in [0.5, 0.6) is 0 Å². The average molecular weight is 387 g/mol. The van der Waals surface area contributed by atoms with Crippen molar-refractivity contribution in [2.24, 2.45) is 23.7 Å². The van der Waals surface area contributed by atoms with Gasteiger partial charge in [0.1, 0.15) is 0 Å². The third-order valence-corrected chi connectivity index (χ3v) is 7.23. The van der Waals surface area contributed by atoms with E-state index >= 15 is 0 Å². The zero-order valence-corrected chi connectivity index (χ0v) is 17.7. The lowest BCUT2D eigenvalue weighted by atomic mass is 9.69. The third-order valence-electron chi connectivity index (χ3n) is 7.23. The highest BCUT2D eigenvalue weighted by atomic mass is 19.2. The van der Waals surface area contributed by atoms with Crippen LogP contribution in [-0.4, -0.2) is 0 Å². The van der Waals surface area contributed by atoms with Crippen LogP contribution in [0.1, 0.15) is 95.1 Å². The van der Waals surface area contributed by atoms with Crippen molar-refractivity contribution in [3.05, 3.63) is 34.9 Å². The Kier molecular flexibility index (Phi) is 7.95. The van der Waals surface area contributed by atoms with Crippen molar-refractivity contribution < 1.29 is 8.78 Å². The summed E-state index contributed by atoms with van der Waals surface area (Å²) in [5, 5.41) is 0. The minimum absolute atomic E-state index is 0.201. The second-order valence-electron chi connectivity index (χ2n) is 9.22. The molecule has 0 spiro atoms.